The molecule has 9 heteroatoms. The molecule has 1 aromatic heterocycles. The maximum absolute atomic E-state index is 13.2. The summed E-state index contributed by atoms with van der Waals surface area (Å²) in [4.78, 5) is 20.8. The Balaban J connectivity index is 1.35. The number of carbonyl (C=O) groups excluding carboxylic acids is 1. The summed E-state index contributed by atoms with van der Waals surface area (Å²) in [7, 11) is 1.57. The average Bonchev–Trinajstić information content (AvgIpc) is 2.96. The van der Waals surface area contributed by atoms with Gasteiger partial charge in [-0.3, -0.25) is 9.88 Å². The number of nitrogens with one attached hydrogen (secondary N) is 1. The number of urea groups is 1. The Morgan fingerprint density at radius 1 is 1.00 bits per heavy atom. The van der Waals surface area contributed by atoms with Gasteiger partial charge in [0.15, 0.2) is 0 Å². The Labute approximate surface area is 227 Å². The minimum atomic E-state index is -1.11. The lowest BCUT2D eigenvalue weighted by Gasteiger charge is -2.58. The molecule has 5 atom stereocenters. The highest BCUT2D eigenvalue weighted by Gasteiger charge is 2.51. The van der Waals surface area contributed by atoms with Gasteiger partial charge in [0, 0.05) is 60.3 Å². The van der Waals surface area contributed by atoms with Gasteiger partial charge in [0.25, 0.3) is 0 Å². The van der Waals surface area contributed by atoms with E-state index in [1.165, 1.54) is 4.90 Å². The third kappa shape index (κ3) is 5.90. The molecule has 2 amide bonds. The smallest absolute Gasteiger partial charge is 0.321 e. The van der Waals surface area contributed by atoms with Crippen LogP contribution in [0.25, 0.3) is 0 Å². The van der Waals surface area contributed by atoms with Crippen molar-refractivity contribution in [2.45, 2.75) is 30.2 Å². The zero-order valence-corrected chi connectivity index (χ0v) is 21.6. The van der Waals surface area contributed by atoms with Crippen LogP contribution in [0.2, 0.25) is 0 Å². The molecule has 202 valence electrons. The third-order valence-electron chi connectivity index (χ3n) is 7.46. The van der Waals surface area contributed by atoms with Crippen LogP contribution < -0.4 is 10.1 Å². The molecule has 0 bridgehead atoms. The van der Waals surface area contributed by atoms with Crippen molar-refractivity contribution >= 4 is 11.7 Å². The van der Waals surface area contributed by atoms with Gasteiger partial charge in [0.2, 0.25) is 0 Å². The van der Waals surface area contributed by atoms with Gasteiger partial charge in [-0.05, 0) is 54.1 Å². The van der Waals surface area contributed by atoms with Gasteiger partial charge < -0.3 is 30.3 Å². The van der Waals surface area contributed by atoms with Crippen LogP contribution in [0.4, 0.5) is 10.5 Å². The number of amides is 2. The molecule has 2 aliphatic heterocycles. The Kier molecular flexibility index (Phi) is 8.10. The predicted octanol–water partition coefficient (Wildman–Crippen LogP) is 1.89. The van der Waals surface area contributed by atoms with Crippen molar-refractivity contribution in [2.75, 3.05) is 38.7 Å². The Morgan fingerprint density at radius 3 is 2.38 bits per heavy atom. The highest BCUT2D eigenvalue weighted by molar-refractivity contribution is 5.89. The van der Waals surface area contributed by atoms with E-state index < -0.39 is 12.2 Å². The maximum atomic E-state index is 13.2. The van der Waals surface area contributed by atoms with Crippen molar-refractivity contribution in [3.05, 3.63) is 89.7 Å². The van der Waals surface area contributed by atoms with Gasteiger partial charge in [0.1, 0.15) is 5.75 Å². The fourth-order valence-electron chi connectivity index (χ4n) is 5.36. The van der Waals surface area contributed by atoms with E-state index in [0.29, 0.717) is 18.0 Å². The summed E-state index contributed by atoms with van der Waals surface area (Å²) in [5, 5.41) is 34.3. The van der Waals surface area contributed by atoms with E-state index in [4.69, 9.17) is 4.74 Å². The van der Waals surface area contributed by atoms with Crippen molar-refractivity contribution in [2.24, 2.45) is 0 Å². The first-order valence-corrected chi connectivity index (χ1v) is 12.9. The quantitative estimate of drug-likeness (QED) is 0.382. The zero-order valence-electron chi connectivity index (χ0n) is 21.6. The summed E-state index contributed by atoms with van der Waals surface area (Å²) in [6.07, 6.45) is 1.26. The number of ether oxygens (including phenoxy) is 1. The topological polar surface area (TPSA) is 118 Å². The molecule has 39 heavy (non-hydrogen) atoms. The molecule has 0 radical (unpaired) electrons. The molecule has 0 spiro atoms. The van der Waals surface area contributed by atoms with E-state index in [1.54, 1.807) is 43.8 Å². The van der Waals surface area contributed by atoms with Crippen molar-refractivity contribution in [3.8, 4) is 17.6 Å². The third-order valence-corrected chi connectivity index (χ3v) is 7.46. The monoisotopic (exact) mass is 528 g/mol. The molecule has 3 aromatic rings. The Morgan fingerprint density at radius 2 is 1.72 bits per heavy atom. The highest BCUT2D eigenvalue weighted by Crippen LogP contribution is 2.42. The average molecular weight is 529 g/mol. The number of fused-ring (bicyclic) bond motifs is 1. The lowest BCUT2D eigenvalue weighted by Crippen LogP contribution is -2.71. The number of nitrogens with zero attached hydrogens (tertiary/aromatic N) is 3. The lowest BCUT2D eigenvalue weighted by atomic mass is 9.74. The van der Waals surface area contributed by atoms with Crippen LogP contribution in [0, 0.1) is 11.8 Å². The second kappa shape index (κ2) is 11.8. The normalized spacial score (nSPS) is 24.7. The van der Waals surface area contributed by atoms with Crippen LogP contribution in [0.3, 0.4) is 0 Å². The molecular formula is C30H32N4O5. The second-order valence-corrected chi connectivity index (χ2v) is 9.85. The van der Waals surface area contributed by atoms with Crippen LogP contribution in [0.5, 0.6) is 5.75 Å². The Hall–Kier alpha value is -3.94. The number of aliphatic hydroxyl groups is 3. The summed E-state index contributed by atoms with van der Waals surface area (Å²) in [6.45, 7) is 0.434. The van der Waals surface area contributed by atoms with E-state index >= 15 is 0 Å². The number of aromatic nitrogens is 1. The lowest BCUT2D eigenvalue weighted by molar-refractivity contribution is -0.112. The van der Waals surface area contributed by atoms with Gasteiger partial charge >= 0.3 is 6.03 Å². The first kappa shape index (κ1) is 26.7. The van der Waals surface area contributed by atoms with Crippen molar-refractivity contribution in [1.29, 1.82) is 0 Å². The minimum absolute atomic E-state index is 0.00707. The van der Waals surface area contributed by atoms with E-state index in [2.05, 4.69) is 22.1 Å². The summed E-state index contributed by atoms with van der Waals surface area (Å²) in [5.74, 6) is 6.86. The summed E-state index contributed by atoms with van der Waals surface area (Å²) >= 11 is 0. The number of pyridine rings is 1. The molecule has 2 aliphatic rings. The van der Waals surface area contributed by atoms with Crippen molar-refractivity contribution in [3.63, 3.8) is 0 Å². The summed E-state index contributed by atoms with van der Waals surface area (Å²) < 4.78 is 5.18. The predicted molar refractivity (Wildman–Crippen MR) is 146 cm³/mol. The first-order valence-electron chi connectivity index (χ1n) is 12.9. The Bertz CT molecular complexity index is 1320. The number of hydrogen-bond acceptors (Lipinski definition) is 7. The van der Waals surface area contributed by atoms with E-state index in [-0.39, 0.29) is 43.7 Å². The van der Waals surface area contributed by atoms with Crippen LogP contribution in [0.1, 0.15) is 22.6 Å². The first-order chi connectivity index (χ1) is 19.0. The molecule has 9 nitrogen and oxygen atoms in total. The number of β-amino-alcohol motifs (C(OH)–C–C–N with tert-alkyl or cyclic N) is 1. The number of hydrogen-bond donors (Lipinski definition) is 4. The van der Waals surface area contributed by atoms with E-state index in [0.717, 1.165) is 16.7 Å². The van der Waals surface area contributed by atoms with Crippen LogP contribution in [-0.2, 0) is 0 Å². The molecule has 3 heterocycles. The molecule has 2 saturated heterocycles. The van der Waals surface area contributed by atoms with Gasteiger partial charge in [-0.25, -0.2) is 4.79 Å². The van der Waals surface area contributed by atoms with Gasteiger partial charge in [0.05, 0.1) is 32.5 Å². The molecule has 5 rings (SSSR count). The summed E-state index contributed by atoms with van der Waals surface area (Å²) in [6, 6.07) is 17.9. The standard InChI is InChI=1S/C30H32N4O5/c1-39-24-12-10-23(11-13-24)32-30(38)33-16-25-29(26(19-35)34(25)18-28(37)27(36)17-33)22-8-6-20(7-9-22)4-5-21-3-2-14-31-15-21/h2-3,6-15,25-29,35-37H,16-19H2,1H3,(H,32,38). The molecule has 0 aliphatic carbocycles. The molecule has 0 saturated carbocycles. The SMILES string of the molecule is COc1ccc(NC(=O)N2CC(O)C(O)CN3C(CO)C(c4ccc(C#Cc5cccnc5)cc4)C3C2)cc1. The second-order valence-electron chi connectivity index (χ2n) is 9.85. The van der Waals surface area contributed by atoms with Gasteiger partial charge in [-0.1, -0.05) is 24.0 Å². The maximum Gasteiger partial charge on any atom is 0.321 e. The molecule has 2 aromatic carbocycles. The fraction of sp³-hybridized carbons (Fsp3) is 0.333. The number of methoxy groups -OCH3 is 1. The number of benzene rings is 2. The van der Waals surface area contributed by atoms with E-state index in [1.807, 2.05) is 41.3 Å². The molecule has 5 unspecified atom stereocenters. The highest BCUT2D eigenvalue weighted by atomic mass is 16.5. The van der Waals surface area contributed by atoms with Gasteiger partial charge in [-0.2, -0.15) is 0 Å². The zero-order chi connectivity index (χ0) is 27.4. The molecular weight excluding hydrogens is 496 g/mol. The number of rotatable bonds is 4. The van der Waals surface area contributed by atoms with Crippen molar-refractivity contribution in [1.82, 2.24) is 14.8 Å². The van der Waals surface area contributed by atoms with E-state index in [9.17, 15) is 20.1 Å². The number of anilines is 1. The molecule has 2 fully saturated rings. The van der Waals surface area contributed by atoms with Crippen LogP contribution in [0.15, 0.2) is 73.1 Å². The van der Waals surface area contributed by atoms with Crippen LogP contribution in [-0.4, -0.2) is 93.8 Å². The number of carbonyl (C=O) groups is 1. The number of aliphatic hydroxyl groups excluding tert-OH is 3. The largest absolute Gasteiger partial charge is 0.497 e. The van der Waals surface area contributed by atoms with Crippen LogP contribution >= 0.6 is 0 Å². The van der Waals surface area contributed by atoms with Crippen molar-refractivity contribution < 1.29 is 24.9 Å². The molecule has 4 N–H and O–H groups in total. The fourth-order valence-corrected chi connectivity index (χ4v) is 5.36. The summed E-state index contributed by atoms with van der Waals surface area (Å²) in [5.41, 5.74) is 3.31. The minimum Gasteiger partial charge on any atom is -0.497 e. The van der Waals surface area contributed by atoms with Gasteiger partial charge in [-0.15, -0.1) is 0 Å².